The van der Waals surface area contributed by atoms with Crippen molar-refractivity contribution in [2.24, 2.45) is 0 Å². The van der Waals surface area contributed by atoms with E-state index in [-0.39, 0.29) is 17.9 Å². The third-order valence-electron chi connectivity index (χ3n) is 5.26. The summed E-state index contributed by atoms with van der Waals surface area (Å²) in [5.41, 5.74) is 2.16. The Kier molecular flexibility index (Phi) is 5.03. The van der Waals surface area contributed by atoms with Crippen LogP contribution in [-0.2, 0) is 9.59 Å². The first-order valence-electron chi connectivity index (χ1n) is 8.97. The summed E-state index contributed by atoms with van der Waals surface area (Å²) < 4.78 is 0. The van der Waals surface area contributed by atoms with Crippen LogP contribution < -0.4 is 0 Å². The Morgan fingerprint density at radius 2 is 2.00 bits per heavy atom. The van der Waals surface area contributed by atoms with Gasteiger partial charge in [0.25, 0.3) is 0 Å². The van der Waals surface area contributed by atoms with Crippen molar-refractivity contribution >= 4 is 17.9 Å². The van der Waals surface area contributed by atoms with Crippen LogP contribution in [0.2, 0.25) is 0 Å². The molecule has 0 N–H and O–H groups in total. The highest BCUT2D eigenvalue weighted by Gasteiger charge is 2.32. The van der Waals surface area contributed by atoms with Crippen LogP contribution in [0.15, 0.2) is 30.5 Å². The molecule has 0 aliphatic carbocycles. The van der Waals surface area contributed by atoms with Gasteiger partial charge in [-0.25, -0.2) is 0 Å². The lowest BCUT2D eigenvalue weighted by atomic mass is 9.92. The van der Waals surface area contributed by atoms with Crippen molar-refractivity contribution in [2.45, 2.75) is 58.0 Å². The first-order chi connectivity index (χ1) is 11.6. The molecule has 4 nitrogen and oxygen atoms in total. The monoisotopic (exact) mass is 326 g/mol. The van der Waals surface area contributed by atoms with Crippen LogP contribution in [0.5, 0.6) is 0 Å². The Hall–Kier alpha value is -2.10. The molecule has 1 fully saturated rings. The Morgan fingerprint density at radius 1 is 1.21 bits per heavy atom. The molecule has 0 radical (unpaired) electrons. The molecule has 1 aromatic rings. The number of carbonyl (C=O) groups excluding carboxylic acids is 2. The Bertz CT molecular complexity index is 653. The zero-order valence-electron chi connectivity index (χ0n) is 14.6. The van der Waals surface area contributed by atoms with E-state index in [0.717, 1.165) is 36.9 Å². The molecule has 4 heteroatoms. The number of carbonyl (C=O) groups is 2. The van der Waals surface area contributed by atoms with E-state index in [2.05, 4.69) is 6.92 Å². The molecule has 0 saturated carbocycles. The summed E-state index contributed by atoms with van der Waals surface area (Å²) >= 11 is 0. The lowest BCUT2D eigenvalue weighted by Gasteiger charge is -2.38. The van der Waals surface area contributed by atoms with Crippen LogP contribution in [0.4, 0.5) is 0 Å². The Morgan fingerprint density at radius 3 is 2.75 bits per heavy atom. The van der Waals surface area contributed by atoms with E-state index in [1.165, 1.54) is 6.42 Å². The summed E-state index contributed by atoms with van der Waals surface area (Å²) in [5, 5.41) is 0. The van der Waals surface area contributed by atoms with E-state index in [0.29, 0.717) is 12.5 Å². The highest BCUT2D eigenvalue weighted by molar-refractivity contribution is 5.82. The molecule has 2 heterocycles. The second kappa shape index (κ2) is 7.20. The number of fused-ring (bicyclic) bond motifs is 1. The normalized spacial score (nSPS) is 23.1. The molecule has 2 amide bonds. The van der Waals surface area contributed by atoms with Gasteiger partial charge in [-0.05, 0) is 42.9 Å². The highest BCUT2D eigenvalue weighted by atomic mass is 16.2. The van der Waals surface area contributed by atoms with Crippen molar-refractivity contribution in [3.8, 4) is 0 Å². The van der Waals surface area contributed by atoms with Gasteiger partial charge in [-0.1, -0.05) is 31.2 Å². The van der Waals surface area contributed by atoms with Crippen LogP contribution in [0.25, 0.3) is 6.08 Å². The molecule has 24 heavy (non-hydrogen) atoms. The van der Waals surface area contributed by atoms with Gasteiger partial charge in [0.2, 0.25) is 11.8 Å². The van der Waals surface area contributed by atoms with Crippen molar-refractivity contribution in [3.63, 3.8) is 0 Å². The van der Waals surface area contributed by atoms with Gasteiger partial charge >= 0.3 is 0 Å². The summed E-state index contributed by atoms with van der Waals surface area (Å²) in [6.07, 6.45) is 8.51. The van der Waals surface area contributed by atoms with Gasteiger partial charge in [0.15, 0.2) is 0 Å². The lowest BCUT2D eigenvalue weighted by molar-refractivity contribution is -0.137. The van der Waals surface area contributed by atoms with Crippen LogP contribution in [0, 0.1) is 0 Å². The number of benzene rings is 1. The molecule has 0 aromatic heterocycles. The van der Waals surface area contributed by atoms with E-state index < -0.39 is 0 Å². The van der Waals surface area contributed by atoms with Gasteiger partial charge in [-0.15, -0.1) is 0 Å². The van der Waals surface area contributed by atoms with E-state index in [1.54, 1.807) is 11.8 Å². The van der Waals surface area contributed by atoms with Crippen molar-refractivity contribution < 1.29 is 9.59 Å². The lowest BCUT2D eigenvalue weighted by Crippen LogP contribution is -2.45. The maximum Gasteiger partial charge on any atom is 0.225 e. The number of hydrogen-bond donors (Lipinski definition) is 0. The van der Waals surface area contributed by atoms with E-state index in [9.17, 15) is 9.59 Å². The highest BCUT2D eigenvalue weighted by Crippen LogP contribution is 2.34. The number of nitrogens with zero attached hydrogens (tertiary/aromatic N) is 2. The van der Waals surface area contributed by atoms with Crippen LogP contribution in [0.3, 0.4) is 0 Å². The first kappa shape index (κ1) is 16.7. The average molecular weight is 326 g/mol. The summed E-state index contributed by atoms with van der Waals surface area (Å²) in [6, 6.07) is 8.19. The quantitative estimate of drug-likeness (QED) is 0.849. The molecule has 3 rings (SSSR count). The zero-order chi connectivity index (χ0) is 17.1. The van der Waals surface area contributed by atoms with E-state index >= 15 is 0 Å². The van der Waals surface area contributed by atoms with Crippen LogP contribution >= 0.6 is 0 Å². The topological polar surface area (TPSA) is 40.6 Å². The molecule has 128 valence electrons. The molecule has 2 unspecified atom stereocenters. The minimum Gasteiger partial charge on any atom is -0.340 e. The Labute approximate surface area is 144 Å². The third-order valence-corrected chi connectivity index (χ3v) is 5.26. The minimum absolute atomic E-state index is 0.0239. The summed E-state index contributed by atoms with van der Waals surface area (Å²) in [4.78, 5) is 28.8. The smallest absolute Gasteiger partial charge is 0.225 e. The predicted molar refractivity (Wildman–Crippen MR) is 95.0 cm³/mol. The molecular formula is C20H26N2O2. The number of amides is 2. The van der Waals surface area contributed by atoms with E-state index in [4.69, 9.17) is 0 Å². The first-order valence-corrected chi connectivity index (χ1v) is 8.97. The molecule has 0 bridgehead atoms. The van der Waals surface area contributed by atoms with Gasteiger partial charge < -0.3 is 9.80 Å². The standard InChI is InChI=1S/C20H26N2O2/c1-3-17-9-6-7-12-22(17)20(24)14-19-18-10-5-4-8-16(18)11-13-21(19)15(2)23/h4-5,8,10-11,13,17,19H,3,6-7,9,12,14H2,1-2H3. The number of piperidine rings is 1. The molecule has 0 spiro atoms. The molecule has 2 aliphatic rings. The third kappa shape index (κ3) is 3.23. The van der Waals surface area contributed by atoms with Crippen molar-refractivity contribution in [2.75, 3.05) is 6.54 Å². The number of rotatable bonds is 3. The second-order valence-electron chi connectivity index (χ2n) is 6.74. The van der Waals surface area contributed by atoms with Crippen LogP contribution in [0.1, 0.15) is 63.1 Å². The van der Waals surface area contributed by atoms with Crippen molar-refractivity contribution in [1.82, 2.24) is 9.80 Å². The minimum atomic E-state index is -0.198. The predicted octanol–water partition coefficient (Wildman–Crippen LogP) is 3.74. The molecule has 1 aromatic carbocycles. The fourth-order valence-corrected chi connectivity index (χ4v) is 3.95. The number of hydrogen-bond acceptors (Lipinski definition) is 2. The second-order valence-corrected chi connectivity index (χ2v) is 6.74. The van der Waals surface area contributed by atoms with Gasteiger partial charge in [-0.2, -0.15) is 0 Å². The molecular weight excluding hydrogens is 300 g/mol. The SMILES string of the molecule is CCC1CCCCN1C(=O)CC1c2ccccc2C=CN1C(C)=O. The zero-order valence-corrected chi connectivity index (χ0v) is 14.6. The number of likely N-dealkylation sites (tertiary alicyclic amines) is 1. The van der Waals surface area contributed by atoms with Gasteiger partial charge in [0, 0.05) is 25.7 Å². The largest absolute Gasteiger partial charge is 0.340 e. The average Bonchev–Trinajstić information content (AvgIpc) is 2.61. The molecule has 2 atom stereocenters. The Balaban J connectivity index is 1.84. The van der Waals surface area contributed by atoms with Crippen LogP contribution in [-0.4, -0.2) is 34.2 Å². The molecule has 2 aliphatic heterocycles. The van der Waals surface area contributed by atoms with E-state index in [1.807, 2.05) is 41.4 Å². The fourth-order valence-electron chi connectivity index (χ4n) is 3.95. The summed E-state index contributed by atoms with van der Waals surface area (Å²) in [5.74, 6) is 0.146. The molecule has 1 saturated heterocycles. The summed E-state index contributed by atoms with van der Waals surface area (Å²) in [7, 11) is 0. The maximum atomic E-state index is 13.0. The summed E-state index contributed by atoms with van der Waals surface area (Å²) in [6.45, 7) is 4.56. The van der Waals surface area contributed by atoms with Crippen molar-refractivity contribution in [3.05, 3.63) is 41.6 Å². The maximum absolute atomic E-state index is 13.0. The van der Waals surface area contributed by atoms with Gasteiger partial charge in [0.05, 0.1) is 12.5 Å². The van der Waals surface area contributed by atoms with Gasteiger partial charge in [0.1, 0.15) is 0 Å². The van der Waals surface area contributed by atoms with Crippen molar-refractivity contribution in [1.29, 1.82) is 0 Å². The van der Waals surface area contributed by atoms with Gasteiger partial charge in [-0.3, -0.25) is 9.59 Å². The fraction of sp³-hybridized carbons (Fsp3) is 0.500.